The zero-order chi connectivity index (χ0) is 17.4. The molecule has 25 heavy (non-hydrogen) atoms. The lowest BCUT2D eigenvalue weighted by atomic mass is 9.94. The van der Waals surface area contributed by atoms with Crippen LogP contribution in [-0.2, 0) is 20.0 Å². The highest BCUT2D eigenvalue weighted by Crippen LogP contribution is 2.26. The van der Waals surface area contributed by atoms with Crippen molar-refractivity contribution in [3.63, 3.8) is 0 Å². The van der Waals surface area contributed by atoms with E-state index in [2.05, 4.69) is 40.1 Å². The highest BCUT2D eigenvalue weighted by molar-refractivity contribution is 5.81. The molecule has 0 bridgehead atoms. The fraction of sp³-hybridized carbons (Fsp3) is 0.400. The first-order chi connectivity index (χ1) is 12.1. The number of aromatic nitrogens is 3. The van der Waals surface area contributed by atoms with Crippen LogP contribution >= 0.6 is 0 Å². The first kappa shape index (κ1) is 16.2. The van der Waals surface area contributed by atoms with Gasteiger partial charge in [0, 0.05) is 55.4 Å². The third kappa shape index (κ3) is 3.17. The summed E-state index contributed by atoms with van der Waals surface area (Å²) in [5, 5.41) is 16.1. The van der Waals surface area contributed by atoms with Gasteiger partial charge >= 0.3 is 0 Å². The number of likely N-dealkylation sites (tertiary alicyclic amines) is 1. The minimum Gasteiger partial charge on any atom is -0.391 e. The van der Waals surface area contributed by atoms with E-state index in [-0.39, 0.29) is 12.0 Å². The number of hydrogen-bond donors (Lipinski definition) is 1. The molecule has 0 spiro atoms. The van der Waals surface area contributed by atoms with Crippen molar-refractivity contribution in [2.75, 3.05) is 13.1 Å². The number of β-amino-alcohol motifs (C(OH)–C–C–N with tert-alkyl or cyclic N) is 1. The second-order valence-electron chi connectivity index (χ2n) is 7.09. The molecule has 0 unspecified atom stereocenters. The van der Waals surface area contributed by atoms with Crippen molar-refractivity contribution in [2.24, 2.45) is 13.0 Å². The lowest BCUT2D eigenvalue weighted by Crippen LogP contribution is -2.21. The van der Waals surface area contributed by atoms with Gasteiger partial charge in [-0.25, -0.2) is 0 Å². The molecular weight excluding hydrogens is 312 g/mol. The Bertz CT molecular complexity index is 883. The number of hydrogen-bond acceptors (Lipinski definition) is 4. The SMILES string of the molecule is Cc1c(CN2C[C@@H](Cc3ccnc4ccccc34)[C@H](O)C2)cnn1C. The number of aryl methyl sites for hydroxylation is 1. The number of rotatable bonds is 4. The van der Waals surface area contributed by atoms with E-state index >= 15 is 0 Å². The summed E-state index contributed by atoms with van der Waals surface area (Å²) in [6.07, 6.45) is 4.40. The second kappa shape index (κ2) is 6.58. The standard InChI is InChI=1S/C20H24N4O/c1-14-17(10-22-23(14)2)12-24-11-16(20(25)13-24)9-15-7-8-21-19-6-4-3-5-18(15)19/h3-8,10,16,20,25H,9,11-13H2,1-2H3/t16-,20-/m1/s1. The maximum atomic E-state index is 10.6. The minimum absolute atomic E-state index is 0.253. The van der Waals surface area contributed by atoms with E-state index in [4.69, 9.17) is 0 Å². The largest absolute Gasteiger partial charge is 0.391 e. The molecule has 0 radical (unpaired) electrons. The molecule has 3 aromatic rings. The lowest BCUT2D eigenvalue weighted by molar-refractivity contribution is 0.141. The predicted molar refractivity (Wildman–Crippen MR) is 98.2 cm³/mol. The number of aliphatic hydroxyl groups excluding tert-OH is 1. The zero-order valence-electron chi connectivity index (χ0n) is 14.8. The van der Waals surface area contributed by atoms with Crippen LogP contribution in [0.1, 0.15) is 16.8 Å². The Balaban J connectivity index is 1.49. The van der Waals surface area contributed by atoms with Gasteiger partial charge in [-0.15, -0.1) is 0 Å². The van der Waals surface area contributed by atoms with Crippen LogP contribution in [-0.4, -0.2) is 44.0 Å². The van der Waals surface area contributed by atoms with Crippen LogP contribution < -0.4 is 0 Å². The van der Waals surface area contributed by atoms with E-state index in [9.17, 15) is 5.11 Å². The molecule has 0 amide bonds. The van der Waals surface area contributed by atoms with E-state index < -0.39 is 0 Å². The summed E-state index contributed by atoms with van der Waals surface area (Å²) in [6.45, 7) is 4.58. The van der Waals surface area contributed by atoms with Crippen LogP contribution in [0, 0.1) is 12.8 Å². The third-order valence-electron chi connectivity index (χ3n) is 5.43. The Morgan fingerprint density at radius 1 is 1.16 bits per heavy atom. The fourth-order valence-corrected chi connectivity index (χ4v) is 3.83. The third-order valence-corrected chi connectivity index (χ3v) is 5.43. The van der Waals surface area contributed by atoms with Crippen molar-refractivity contribution in [1.29, 1.82) is 0 Å². The number of nitrogens with zero attached hydrogens (tertiary/aromatic N) is 4. The van der Waals surface area contributed by atoms with Crippen LogP contribution in [0.3, 0.4) is 0 Å². The molecule has 1 saturated heterocycles. The van der Waals surface area contributed by atoms with Gasteiger partial charge in [0.15, 0.2) is 0 Å². The monoisotopic (exact) mass is 336 g/mol. The summed E-state index contributed by atoms with van der Waals surface area (Å²) in [5.74, 6) is 0.253. The van der Waals surface area contributed by atoms with Crippen molar-refractivity contribution in [3.8, 4) is 0 Å². The van der Waals surface area contributed by atoms with Crippen LogP contribution in [0.4, 0.5) is 0 Å². The molecule has 5 heteroatoms. The molecule has 1 aliphatic heterocycles. The number of para-hydroxylation sites is 1. The second-order valence-corrected chi connectivity index (χ2v) is 7.09. The zero-order valence-corrected chi connectivity index (χ0v) is 14.8. The smallest absolute Gasteiger partial charge is 0.0710 e. The average Bonchev–Trinajstić information content (AvgIpc) is 3.12. The molecule has 1 fully saturated rings. The molecule has 130 valence electrons. The molecule has 1 aromatic carbocycles. The Morgan fingerprint density at radius 3 is 2.80 bits per heavy atom. The van der Waals surface area contributed by atoms with Gasteiger partial charge in [0.05, 0.1) is 17.8 Å². The first-order valence-electron chi connectivity index (χ1n) is 8.82. The van der Waals surface area contributed by atoms with E-state index in [1.807, 2.05) is 36.3 Å². The van der Waals surface area contributed by atoms with Gasteiger partial charge in [-0.05, 0) is 31.0 Å². The number of benzene rings is 1. The highest BCUT2D eigenvalue weighted by atomic mass is 16.3. The van der Waals surface area contributed by atoms with Gasteiger partial charge in [0.1, 0.15) is 0 Å². The number of fused-ring (bicyclic) bond motifs is 1. The molecule has 2 atom stereocenters. The number of pyridine rings is 1. The lowest BCUT2D eigenvalue weighted by Gasteiger charge is -2.16. The van der Waals surface area contributed by atoms with E-state index in [0.29, 0.717) is 0 Å². The van der Waals surface area contributed by atoms with E-state index in [1.54, 1.807) is 0 Å². The summed E-state index contributed by atoms with van der Waals surface area (Å²) >= 11 is 0. The van der Waals surface area contributed by atoms with Crippen molar-refractivity contribution in [1.82, 2.24) is 19.7 Å². The Morgan fingerprint density at radius 2 is 2.00 bits per heavy atom. The topological polar surface area (TPSA) is 54.2 Å². The van der Waals surface area contributed by atoms with Crippen molar-refractivity contribution in [2.45, 2.75) is 26.0 Å². The minimum atomic E-state index is -0.288. The van der Waals surface area contributed by atoms with Crippen LogP contribution in [0.5, 0.6) is 0 Å². The van der Waals surface area contributed by atoms with Crippen molar-refractivity contribution < 1.29 is 5.11 Å². The Kier molecular flexibility index (Phi) is 4.27. The summed E-state index contributed by atoms with van der Waals surface area (Å²) in [7, 11) is 1.97. The molecule has 5 nitrogen and oxygen atoms in total. The van der Waals surface area contributed by atoms with Gasteiger partial charge in [0.25, 0.3) is 0 Å². The first-order valence-corrected chi connectivity index (χ1v) is 8.82. The van der Waals surface area contributed by atoms with Gasteiger partial charge in [0.2, 0.25) is 0 Å². The van der Waals surface area contributed by atoms with Gasteiger partial charge in [-0.1, -0.05) is 18.2 Å². The quantitative estimate of drug-likeness (QED) is 0.794. The van der Waals surface area contributed by atoms with Crippen LogP contribution in [0.25, 0.3) is 10.9 Å². The molecule has 3 heterocycles. The summed E-state index contributed by atoms with van der Waals surface area (Å²) in [6, 6.07) is 10.3. The van der Waals surface area contributed by atoms with Crippen molar-refractivity contribution >= 4 is 10.9 Å². The Labute approximate surface area is 147 Å². The van der Waals surface area contributed by atoms with Gasteiger partial charge in [-0.2, -0.15) is 5.10 Å². The summed E-state index contributed by atoms with van der Waals surface area (Å²) in [4.78, 5) is 6.77. The van der Waals surface area contributed by atoms with Gasteiger partial charge in [-0.3, -0.25) is 14.6 Å². The van der Waals surface area contributed by atoms with E-state index in [0.717, 1.165) is 31.6 Å². The average molecular weight is 336 g/mol. The molecule has 1 N–H and O–H groups in total. The van der Waals surface area contributed by atoms with Gasteiger partial charge < -0.3 is 5.11 Å². The fourth-order valence-electron chi connectivity index (χ4n) is 3.83. The number of aliphatic hydroxyl groups is 1. The maximum Gasteiger partial charge on any atom is 0.0710 e. The molecule has 1 aliphatic rings. The molecule has 2 aromatic heterocycles. The highest BCUT2D eigenvalue weighted by Gasteiger charge is 2.32. The molecule has 4 rings (SSSR count). The predicted octanol–water partition coefficient (Wildman–Crippen LogP) is 2.31. The van der Waals surface area contributed by atoms with Crippen LogP contribution in [0.15, 0.2) is 42.7 Å². The summed E-state index contributed by atoms with van der Waals surface area (Å²) < 4.78 is 1.91. The molecule has 0 saturated carbocycles. The van der Waals surface area contributed by atoms with E-state index in [1.165, 1.54) is 22.2 Å². The normalized spacial score (nSPS) is 21.2. The van der Waals surface area contributed by atoms with Crippen LogP contribution in [0.2, 0.25) is 0 Å². The van der Waals surface area contributed by atoms with Crippen molar-refractivity contribution in [3.05, 3.63) is 59.5 Å². The maximum absolute atomic E-state index is 10.6. The summed E-state index contributed by atoms with van der Waals surface area (Å²) in [5.41, 5.74) is 4.73. The Hall–Kier alpha value is -2.24. The molecular formula is C20H24N4O. The molecule has 0 aliphatic carbocycles.